The first kappa shape index (κ1) is 14.5. The van der Waals surface area contributed by atoms with Gasteiger partial charge in [-0.05, 0) is 25.1 Å². The van der Waals surface area contributed by atoms with Crippen LogP contribution in [-0.2, 0) is 9.84 Å². The van der Waals surface area contributed by atoms with Crippen LogP contribution in [0.1, 0.15) is 18.5 Å². The number of benzene rings is 1. The Balaban J connectivity index is 3.19. The van der Waals surface area contributed by atoms with E-state index in [-0.39, 0.29) is 0 Å². The van der Waals surface area contributed by atoms with Gasteiger partial charge in [0.05, 0.1) is 12.4 Å². The molecule has 2 unspecified atom stereocenters. The number of nitrogens with two attached hydrogens (primary N) is 1. The van der Waals surface area contributed by atoms with E-state index in [9.17, 15) is 8.42 Å². The number of sulfone groups is 1. The molecule has 4 nitrogen and oxygen atoms in total. The molecule has 0 radical (unpaired) electrons. The lowest BCUT2D eigenvalue weighted by Crippen LogP contribution is -2.30. The lowest BCUT2D eigenvalue weighted by molar-refractivity contribution is 0.405. The molecule has 0 fully saturated rings. The van der Waals surface area contributed by atoms with Crippen molar-refractivity contribution in [1.29, 1.82) is 0 Å². The van der Waals surface area contributed by atoms with E-state index in [0.29, 0.717) is 11.3 Å². The first-order valence-electron chi connectivity index (χ1n) is 5.05. The van der Waals surface area contributed by atoms with Crippen LogP contribution >= 0.6 is 15.9 Å². The van der Waals surface area contributed by atoms with Gasteiger partial charge in [-0.25, -0.2) is 8.42 Å². The molecule has 0 saturated carbocycles. The van der Waals surface area contributed by atoms with Crippen LogP contribution in [0.3, 0.4) is 0 Å². The second kappa shape index (κ2) is 5.37. The Morgan fingerprint density at radius 3 is 2.47 bits per heavy atom. The summed E-state index contributed by atoms with van der Waals surface area (Å²) >= 11 is 3.33. The molecule has 1 aromatic carbocycles. The van der Waals surface area contributed by atoms with Gasteiger partial charge in [-0.3, -0.25) is 0 Å². The summed E-state index contributed by atoms with van der Waals surface area (Å²) < 4.78 is 29.0. The van der Waals surface area contributed by atoms with Crippen molar-refractivity contribution in [1.82, 2.24) is 0 Å². The zero-order valence-corrected chi connectivity index (χ0v) is 12.4. The average molecular weight is 322 g/mol. The maximum Gasteiger partial charge on any atom is 0.151 e. The van der Waals surface area contributed by atoms with Gasteiger partial charge in [0.15, 0.2) is 9.84 Å². The Kier molecular flexibility index (Phi) is 4.57. The van der Waals surface area contributed by atoms with Crippen LogP contribution in [0.4, 0.5) is 0 Å². The Morgan fingerprint density at radius 1 is 1.41 bits per heavy atom. The van der Waals surface area contributed by atoms with Crippen LogP contribution < -0.4 is 10.5 Å². The molecule has 17 heavy (non-hydrogen) atoms. The highest BCUT2D eigenvalue weighted by Crippen LogP contribution is 2.30. The molecule has 0 aliphatic carbocycles. The van der Waals surface area contributed by atoms with Crippen molar-refractivity contribution in [3.8, 4) is 5.75 Å². The van der Waals surface area contributed by atoms with Crippen LogP contribution in [0.2, 0.25) is 0 Å². The molecule has 0 aliphatic rings. The molecule has 1 aromatic rings. The number of halogens is 1. The minimum Gasteiger partial charge on any atom is -0.496 e. The van der Waals surface area contributed by atoms with Gasteiger partial charge in [0.2, 0.25) is 0 Å². The van der Waals surface area contributed by atoms with E-state index in [1.807, 2.05) is 6.07 Å². The summed E-state index contributed by atoms with van der Waals surface area (Å²) in [6.07, 6.45) is 1.18. The molecule has 0 spiro atoms. The highest BCUT2D eigenvalue weighted by molar-refractivity contribution is 9.10. The summed E-state index contributed by atoms with van der Waals surface area (Å²) in [6.45, 7) is 1.60. The van der Waals surface area contributed by atoms with E-state index in [4.69, 9.17) is 10.5 Å². The number of hydrogen-bond acceptors (Lipinski definition) is 4. The molecule has 0 bridgehead atoms. The molecular weight excluding hydrogens is 306 g/mol. The topological polar surface area (TPSA) is 69.4 Å². The second-order valence-corrected chi connectivity index (χ2v) is 7.27. The van der Waals surface area contributed by atoms with E-state index in [2.05, 4.69) is 15.9 Å². The number of methoxy groups -OCH3 is 1. The molecule has 1 rings (SSSR count). The Morgan fingerprint density at radius 2 is 2.00 bits per heavy atom. The summed E-state index contributed by atoms with van der Waals surface area (Å²) in [5, 5.41) is -0.661. The van der Waals surface area contributed by atoms with Crippen molar-refractivity contribution in [3.63, 3.8) is 0 Å². The van der Waals surface area contributed by atoms with E-state index in [1.54, 1.807) is 19.1 Å². The lowest BCUT2D eigenvalue weighted by Gasteiger charge is -2.21. The van der Waals surface area contributed by atoms with Crippen molar-refractivity contribution < 1.29 is 13.2 Å². The molecule has 96 valence electrons. The summed E-state index contributed by atoms with van der Waals surface area (Å²) in [7, 11) is -1.65. The maximum absolute atomic E-state index is 11.5. The smallest absolute Gasteiger partial charge is 0.151 e. The Labute approximate surface area is 110 Å². The van der Waals surface area contributed by atoms with Gasteiger partial charge in [0, 0.05) is 22.3 Å². The van der Waals surface area contributed by atoms with Gasteiger partial charge < -0.3 is 10.5 Å². The zero-order chi connectivity index (χ0) is 13.2. The van der Waals surface area contributed by atoms with Crippen LogP contribution in [-0.4, -0.2) is 27.0 Å². The van der Waals surface area contributed by atoms with Gasteiger partial charge in [-0.1, -0.05) is 15.9 Å². The fourth-order valence-electron chi connectivity index (χ4n) is 1.48. The molecule has 0 amide bonds. The summed E-state index contributed by atoms with van der Waals surface area (Å²) in [5.41, 5.74) is 6.67. The van der Waals surface area contributed by atoms with Crippen LogP contribution in [0, 0.1) is 0 Å². The molecule has 0 saturated heterocycles. The van der Waals surface area contributed by atoms with Gasteiger partial charge in [-0.15, -0.1) is 0 Å². The summed E-state index contributed by atoms with van der Waals surface area (Å²) in [4.78, 5) is 0. The van der Waals surface area contributed by atoms with Gasteiger partial charge in [-0.2, -0.15) is 0 Å². The van der Waals surface area contributed by atoms with Gasteiger partial charge >= 0.3 is 0 Å². The SMILES string of the molecule is COc1ccc(Br)cc1C(N)C(C)S(C)(=O)=O. The quantitative estimate of drug-likeness (QED) is 0.919. The van der Waals surface area contributed by atoms with Crippen LogP contribution in [0.5, 0.6) is 5.75 Å². The first-order chi connectivity index (χ1) is 7.77. The van der Waals surface area contributed by atoms with Crippen molar-refractivity contribution in [2.75, 3.05) is 13.4 Å². The molecule has 0 heterocycles. The third kappa shape index (κ3) is 3.43. The molecule has 0 aromatic heterocycles. The molecular formula is C11H16BrNO3S. The Bertz CT molecular complexity index is 501. The number of hydrogen-bond donors (Lipinski definition) is 1. The van der Waals surface area contributed by atoms with Crippen molar-refractivity contribution in [3.05, 3.63) is 28.2 Å². The molecule has 2 atom stereocenters. The van der Waals surface area contributed by atoms with Crippen molar-refractivity contribution in [2.45, 2.75) is 18.2 Å². The third-order valence-electron chi connectivity index (χ3n) is 2.73. The van der Waals surface area contributed by atoms with E-state index >= 15 is 0 Å². The standard InChI is InChI=1S/C11H16BrNO3S/c1-7(17(3,14)15)11(13)9-6-8(12)4-5-10(9)16-2/h4-7,11H,13H2,1-3H3. The minimum absolute atomic E-state index is 0.594. The summed E-state index contributed by atoms with van der Waals surface area (Å²) in [5.74, 6) is 0.594. The monoisotopic (exact) mass is 321 g/mol. The molecule has 0 aliphatic heterocycles. The fraction of sp³-hybridized carbons (Fsp3) is 0.455. The van der Waals surface area contributed by atoms with Crippen molar-refractivity contribution in [2.24, 2.45) is 5.73 Å². The van der Waals surface area contributed by atoms with Crippen LogP contribution in [0.15, 0.2) is 22.7 Å². The predicted molar refractivity (Wildman–Crippen MR) is 71.9 cm³/mol. The third-order valence-corrected chi connectivity index (χ3v) is 4.87. The van der Waals surface area contributed by atoms with Gasteiger partial charge in [0.25, 0.3) is 0 Å². The average Bonchev–Trinajstić information content (AvgIpc) is 2.25. The van der Waals surface area contributed by atoms with Crippen LogP contribution in [0.25, 0.3) is 0 Å². The van der Waals surface area contributed by atoms with Gasteiger partial charge in [0.1, 0.15) is 5.75 Å². The summed E-state index contributed by atoms with van der Waals surface area (Å²) in [6, 6.07) is 4.75. The number of rotatable bonds is 4. The number of ether oxygens (including phenoxy) is 1. The highest BCUT2D eigenvalue weighted by Gasteiger charge is 2.26. The lowest BCUT2D eigenvalue weighted by atomic mass is 10.0. The normalized spacial score (nSPS) is 15.4. The second-order valence-electron chi connectivity index (χ2n) is 3.95. The zero-order valence-electron chi connectivity index (χ0n) is 9.98. The highest BCUT2D eigenvalue weighted by atomic mass is 79.9. The Hall–Kier alpha value is -0.590. The minimum atomic E-state index is -3.18. The molecule has 2 N–H and O–H groups in total. The van der Waals surface area contributed by atoms with E-state index < -0.39 is 21.1 Å². The predicted octanol–water partition coefficient (Wildman–Crippen LogP) is 1.89. The molecule has 6 heteroatoms. The largest absolute Gasteiger partial charge is 0.496 e. The fourth-order valence-corrected chi connectivity index (χ4v) is 2.54. The first-order valence-corrected chi connectivity index (χ1v) is 7.80. The van der Waals surface area contributed by atoms with E-state index in [0.717, 1.165) is 4.47 Å². The van der Waals surface area contributed by atoms with E-state index in [1.165, 1.54) is 13.4 Å². The van der Waals surface area contributed by atoms with Crippen molar-refractivity contribution >= 4 is 25.8 Å². The maximum atomic E-state index is 11.5.